The first-order valence-electron chi connectivity index (χ1n) is 10.7. The molecule has 1 fully saturated rings. The number of rotatable bonds is 9. The highest BCUT2D eigenvalue weighted by molar-refractivity contribution is 7.99. The maximum Gasteiger partial charge on any atom is 0.230 e. The summed E-state index contributed by atoms with van der Waals surface area (Å²) in [5.41, 5.74) is 2.12. The summed E-state index contributed by atoms with van der Waals surface area (Å²) >= 11 is 1.62. The number of likely N-dealkylation sites (N-methyl/N-ethyl adjacent to an activating group) is 1. The molecule has 1 saturated heterocycles. The summed E-state index contributed by atoms with van der Waals surface area (Å²) in [5, 5.41) is 7.68. The third-order valence-electron chi connectivity index (χ3n) is 5.50. The first-order chi connectivity index (χ1) is 15.2. The van der Waals surface area contributed by atoms with Gasteiger partial charge in [0.25, 0.3) is 0 Å². The van der Waals surface area contributed by atoms with Crippen molar-refractivity contribution >= 4 is 17.7 Å². The van der Waals surface area contributed by atoms with Gasteiger partial charge in [-0.1, -0.05) is 18.2 Å². The number of carbonyl (C=O) groups excluding carboxylic acids is 1. The SMILES string of the molecule is CN1CCN(CCNC(=O)CSCc2cnn(-c3ccccc3)c2-n2cccc2)CC1. The second kappa shape index (κ2) is 10.7. The van der Waals surface area contributed by atoms with Crippen molar-refractivity contribution < 1.29 is 4.79 Å². The summed E-state index contributed by atoms with van der Waals surface area (Å²) in [7, 11) is 2.15. The maximum atomic E-state index is 12.3. The smallest absolute Gasteiger partial charge is 0.230 e. The molecule has 3 heterocycles. The molecule has 4 rings (SSSR count). The average molecular weight is 439 g/mol. The van der Waals surface area contributed by atoms with Gasteiger partial charge in [-0.2, -0.15) is 5.10 Å². The number of amides is 1. The number of benzene rings is 1. The molecular formula is C23H30N6OS. The van der Waals surface area contributed by atoms with E-state index in [9.17, 15) is 4.79 Å². The number of nitrogens with zero attached hydrogens (tertiary/aromatic N) is 5. The van der Waals surface area contributed by atoms with Gasteiger partial charge in [0.1, 0.15) is 5.82 Å². The second-order valence-corrected chi connectivity index (χ2v) is 8.80. The molecule has 164 valence electrons. The number of carbonyl (C=O) groups is 1. The van der Waals surface area contributed by atoms with E-state index in [1.807, 2.05) is 65.7 Å². The summed E-state index contributed by atoms with van der Waals surface area (Å²) in [6, 6.07) is 14.1. The molecule has 0 atom stereocenters. The highest BCUT2D eigenvalue weighted by Gasteiger charge is 2.15. The van der Waals surface area contributed by atoms with Crippen LogP contribution in [-0.4, -0.2) is 82.1 Å². The zero-order valence-electron chi connectivity index (χ0n) is 18.0. The van der Waals surface area contributed by atoms with Gasteiger partial charge in [-0.05, 0) is 31.3 Å². The number of hydrogen-bond donors (Lipinski definition) is 1. The van der Waals surface area contributed by atoms with Crippen molar-refractivity contribution in [2.75, 3.05) is 52.1 Å². The number of thioether (sulfide) groups is 1. The van der Waals surface area contributed by atoms with Gasteiger partial charge in [-0.3, -0.25) is 9.69 Å². The third kappa shape index (κ3) is 5.78. The monoisotopic (exact) mass is 438 g/mol. The minimum Gasteiger partial charge on any atom is -0.354 e. The van der Waals surface area contributed by atoms with E-state index >= 15 is 0 Å². The Morgan fingerprint density at radius 2 is 1.81 bits per heavy atom. The Labute approximate surface area is 188 Å². The predicted molar refractivity (Wildman–Crippen MR) is 126 cm³/mol. The molecular weight excluding hydrogens is 408 g/mol. The van der Waals surface area contributed by atoms with Gasteiger partial charge in [-0.25, -0.2) is 4.68 Å². The van der Waals surface area contributed by atoms with E-state index in [0.717, 1.165) is 55.5 Å². The fourth-order valence-corrected chi connectivity index (χ4v) is 4.53. The van der Waals surface area contributed by atoms with Crippen molar-refractivity contribution in [1.29, 1.82) is 0 Å². The lowest BCUT2D eigenvalue weighted by molar-refractivity contribution is -0.118. The lowest BCUT2D eigenvalue weighted by Crippen LogP contribution is -2.47. The van der Waals surface area contributed by atoms with Crippen molar-refractivity contribution in [3.8, 4) is 11.5 Å². The van der Waals surface area contributed by atoms with Crippen LogP contribution in [0.3, 0.4) is 0 Å². The van der Waals surface area contributed by atoms with Gasteiger partial charge >= 0.3 is 0 Å². The first-order valence-corrected chi connectivity index (χ1v) is 11.9. The summed E-state index contributed by atoms with van der Waals surface area (Å²) in [5.74, 6) is 2.28. The molecule has 0 aliphatic carbocycles. The Bertz CT molecular complexity index is 948. The fourth-order valence-electron chi connectivity index (χ4n) is 3.72. The van der Waals surface area contributed by atoms with Crippen molar-refractivity contribution in [1.82, 2.24) is 29.5 Å². The molecule has 2 aromatic heterocycles. The van der Waals surface area contributed by atoms with Crippen LogP contribution in [-0.2, 0) is 10.5 Å². The van der Waals surface area contributed by atoms with Crippen molar-refractivity contribution in [2.45, 2.75) is 5.75 Å². The van der Waals surface area contributed by atoms with Crippen LogP contribution in [0.1, 0.15) is 5.56 Å². The molecule has 0 radical (unpaired) electrons. The van der Waals surface area contributed by atoms with Gasteiger partial charge in [0, 0.05) is 63.0 Å². The van der Waals surface area contributed by atoms with Gasteiger partial charge < -0.3 is 14.8 Å². The molecule has 1 aliphatic rings. The molecule has 0 saturated carbocycles. The van der Waals surface area contributed by atoms with Crippen LogP contribution in [0.5, 0.6) is 0 Å². The van der Waals surface area contributed by atoms with Gasteiger partial charge in [-0.15, -0.1) is 11.8 Å². The Morgan fingerprint density at radius 1 is 1.06 bits per heavy atom. The highest BCUT2D eigenvalue weighted by Crippen LogP contribution is 2.23. The molecule has 1 amide bonds. The zero-order valence-corrected chi connectivity index (χ0v) is 18.8. The molecule has 1 N–H and O–H groups in total. The summed E-state index contributed by atoms with van der Waals surface area (Å²) in [4.78, 5) is 17.0. The van der Waals surface area contributed by atoms with E-state index < -0.39 is 0 Å². The standard InChI is InChI=1S/C23H30N6OS/c1-26-13-15-27(16-14-26)12-9-24-22(30)19-31-18-20-17-25-29(21-7-3-2-4-8-21)23(20)28-10-5-6-11-28/h2-8,10-11,17H,9,12-16,18-19H2,1H3,(H,24,30). The molecule has 7 nitrogen and oxygen atoms in total. The number of nitrogens with one attached hydrogen (secondary N) is 1. The lowest BCUT2D eigenvalue weighted by Gasteiger charge is -2.32. The number of para-hydroxylation sites is 1. The van der Waals surface area contributed by atoms with Crippen LogP contribution in [0.2, 0.25) is 0 Å². The maximum absolute atomic E-state index is 12.3. The van der Waals surface area contributed by atoms with E-state index in [1.54, 1.807) is 11.8 Å². The molecule has 3 aromatic rings. The van der Waals surface area contributed by atoms with Crippen LogP contribution in [0.25, 0.3) is 11.5 Å². The van der Waals surface area contributed by atoms with Crippen molar-refractivity contribution in [2.24, 2.45) is 0 Å². The Kier molecular flexibility index (Phi) is 7.45. The molecule has 1 aromatic carbocycles. The Hall–Kier alpha value is -2.55. The number of aromatic nitrogens is 3. The molecule has 0 unspecified atom stereocenters. The predicted octanol–water partition coefficient (Wildman–Crippen LogP) is 2.26. The molecule has 0 spiro atoms. The summed E-state index contributed by atoms with van der Waals surface area (Å²) in [6.45, 7) is 5.99. The first kappa shape index (κ1) is 21.7. The topological polar surface area (TPSA) is 58.3 Å². The second-order valence-electron chi connectivity index (χ2n) is 7.82. The van der Waals surface area contributed by atoms with Crippen LogP contribution in [0.4, 0.5) is 0 Å². The third-order valence-corrected chi connectivity index (χ3v) is 6.48. The van der Waals surface area contributed by atoms with E-state index in [2.05, 4.69) is 31.8 Å². The normalized spacial score (nSPS) is 15.3. The largest absolute Gasteiger partial charge is 0.354 e. The minimum absolute atomic E-state index is 0.0945. The lowest BCUT2D eigenvalue weighted by atomic mass is 10.3. The van der Waals surface area contributed by atoms with E-state index in [4.69, 9.17) is 0 Å². The quantitative estimate of drug-likeness (QED) is 0.555. The average Bonchev–Trinajstić information content (AvgIpc) is 3.45. The molecule has 1 aliphatic heterocycles. The number of piperazine rings is 1. The van der Waals surface area contributed by atoms with Gasteiger partial charge in [0.2, 0.25) is 5.91 Å². The van der Waals surface area contributed by atoms with Gasteiger partial charge in [0.05, 0.1) is 17.6 Å². The number of hydrogen-bond acceptors (Lipinski definition) is 5. The van der Waals surface area contributed by atoms with Crippen LogP contribution >= 0.6 is 11.8 Å². The molecule has 8 heteroatoms. The molecule has 31 heavy (non-hydrogen) atoms. The highest BCUT2D eigenvalue weighted by atomic mass is 32.2. The Balaban J connectivity index is 1.29. The molecule has 0 bridgehead atoms. The van der Waals surface area contributed by atoms with Gasteiger partial charge in [0.15, 0.2) is 0 Å². The van der Waals surface area contributed by atoms with E-state index in [0.29, 0.717) is 12.3 Å². The van der Waals surface area contributed by atoms with Crippen molar-refractivity contribution in [3.63, 3.8) is 0 Å². The van der Waals surface area contributed by atoms with E-state index in [-0.39, 0.29) is 5.91 Å². The van der Waals surface area contributed by atoms with E-state index in [1.165, 1.54) is 0 Å². The fraction of sp³-hybridized carbons (Fsp3) is 0.391. The van der Waals surface area contributed by atoms with Crippen LogP contribution in [0, 0.1) is 0 Å². The minimum atomic E-state index is 0.0945. The van der Waals surface area contributed by atoms with Crippen LogP contribution in [0.15, 0.2) is 61.1 Å². The van der Waals surface area contributed by atoms with Crippen molar-refractivity contribution in [3.05, 3.63) is 66.6 Å². The van der Waals surface area contributed by atoms with Crippen LogP contribution < -0.4 is 5.32 Å². The summed E-state index contributed by atoms with van der Waals surface area (Å²) in [6.07, 6.45) is 5.95. The summed E-state index contributed by atoms with van der Waals surface area (Å²) < 4.78 is 4.03. The zero-order chi connectivity index (χ0) is 21.5. The Morgan fingerprint density at radius 3 is 2.55 bits per heavy atom.